The molecule has 3 fully saturated rings. The van der Waals surface area contributed by atoms with E-state index in [1.165, 1.54) is 24.8 Å². The molecule has 3 aliphatic rings. The third kappa shape index (κ3) is 4.78. The highest BCUT2D eigenvalue weighted by atomic mass is 35.5. The minimum atomic E-state index is -0.102. The number of carbonyl (C=O) groups is 1. The van der Waals surface area contributed by atoms with Gasteiger partial charge in [0, 0.05) is 25.2 Å². The van der Waals surface area contributed by atoms with Crippen LogP contribution < -0.4 is 4.74 Å². The number of phenols is 1. The molecule has 2 saturated carbocycles. The summed E-state index contributed by atoms with van der Waals surface area (Å²) in [6.07, 6.45) is 7.75. The fourth-order valence-corrected chi connectivity index (χ4v) is 6.48. The number of hydrogen-bond acceptors (Lipinski definition) is 4. The summed E-state index contributed by atoms with van der Waals surface area (Å²) >= 11 is 0. The number of aromatic hydroxyl groups is 1. The Labute approximate surface area is 221 Å². The topological polar surface area (TPSA) is 56.3 Å². The Morgan fingerprint density at radius 3 is 2.17 bits per heavy atom. The van der Waals surface area contributed by atoms with Crippen LogP contribution in [0.15, 0.2) is 48.5 Å². The molecule has 1 heterocycles. The predicted molar refractivity (Wildman–Crippen MR) is 145 cm³/mol. The maximum absolute atomic E-state index is 13.8. The third-order valence-electron chi connectivity index (χ3n) is 9.03. The van der Waals surface area contributed by atoms with Crippen LogP contribution in [0, 0.1) is 5.92 Å². The van der Waals surface area contributed by atoms with Crippen LogP contribution >= 0.6 is 12.4 Å². The molecule has 2 aromatic carbocycles. The van der Waals surface area contributed by atoms with E-state index < -0.39 is 0 Å². The van der Waals surface area contributed by atoms with Crippen molar-refractivity contribution in [2.45, 2.75) is 62.6 Å². The zero-order valence-corrected chi connectivity index (χ0v) is 22.6. The predicted octanol–water partition coefficient (Wildman–Crippen LogP) is 5.63. The van der Waals surface area contributed by atoms with Gasteiger partial charge < -0.3 is 19.6 Å². The summed E-state index contributed by atoms with van der Waals surface area (Å²) in [5, 5.41) is 9.83. The van der Waals surface area contributed by atoms with Gasteiger partial charge in [0.15, 0.2) is 0 Å². The van der Waals surface area contributed by atoms with Crippen molar-refractivity contribution in [1.29, 1.82) is 0 Å². The van der Waals surface area contributed by atoms with Gasteiger partial charge in [-0.1, -0.05) is 30.7 Å². The van der Waals surface area contributed by atoms with Gasteiger partial charge in [0.1, 0.15) is 11.5 Å². The number of rotatable bonds is 7. The van der Waals surface area contributed by atoms with E-state index in [0.717, 1.165) is 50.1 Å². The highest BCUT2D eigenvalue weighted by Crippen LogP contribution is 2.50. The van der Waals surface area contributed by atoms with Crippen molar-refractivity contribution in [1.82, 2.24) is 14.7 Å². The monoisotopic (exact) mass is 513 g/mol. The highest BCUT2D eigenvalue weighted by molar-refractivity contribution is 5.85. The molecule has 5 rings (SSSR count). The molecule has 2 amide bonds. The van der Waals surface area contributed by atoms with Crippen LogP contribution in [0.1, 0.15) is 56.1 Å². The van der Waals surface area contributed by atoms with Crippen molar-refractivity contribution in [2.24, 2.45) is 5.92 Å². The number of carbonyl (C=O) groups excluding carboxylic acids is 1. The van der Waals surface area contributed by atoms with E-state index in [9.17, 15) is 9.90 Å². The number of urea groups is 1. The number of methoxy groups -OCH3 is 1. The summed E-state index contributed by atoms with van der Waals surface area (Å²) in [6.45, 7) is 2.33. The SMILES string of the molecule is COc1ccc(CN2CC3(CCC(c4ccc(O)cc4)(N(C)C)CC3)N(CC3CCC3)C2=O)cc1.Cl. The minimum Gasteiger partial charge on any atom is -0.508 e. The number of amides is 2. The van der Waals surface area contributed by atoms with E-state index in [1.807, 2.05) is 12.1 Å². The van der Waals surface area contributed by atoms with Crippen LogP contribution in [0.25, 0.3) is 0 Å². The van der Waals surface area contributed by atoms with Crippen molar-refractivity contribution < 1.29 is 14.6 Å². The zero-order chi connectivity index (χ0) is 24.6. The van der Waals surface area contributed by atoms with E-state index in [4.69, 9.17) is 4.74 Å². The van der Waals surface area contributed by atoms with Gasteiger partial charge >= 0.3 is 6.03 Å². The molecule has 0 radical (unpaired) electrons. The lowest BCUT2D eigenvalue weighted by molar-refractivity contribution is 0.0159. The first-order valence-electron chi connectivity index (χ1n) is 13.0. The van der Waals surface area contributed by atoms with Crippen LogP contribution in [0.4, 0.5) is 4.79 Å². The van der Waals surface area contributed by atoms with E-state index in [-0.39, 0.29) is 29.5 Å². The molecule has 1 saturated heterocycles. The Kier molecular flexibility index (Phi) is 7.77. The average molecular weight is 514 g/mol. The van der Waals surface area contributed by atoms with Crippen molar-refractivity contribution in [3.8, 4) is 11.5 Å². The molecule has 0 atom stereocenters. The van der Waals surface area contributed by atoms with Gasteiger partial charge in [-0.05, 0) is 93.9 Å². The third-order valence-corrected chi connectivity index (χ3v) is 9.03. The molecule has 36 heavy (non-hydrogen) atoms. The molecule has 1 N–H and O–H groups in total. The molecule has 1 aliphatic heterocycles. The first-order chi connectivity index (χ1) is 16.8. The maximum Gasteiger partial charge on any atom is 0.320 e. The Morgan fingerprint density at radius 1 is 1.00 bits per heavy atom. The fourth-order valence-electron chi connectivity index (χ4n) is 6.48. The van der Waals surface area contributed by atoms with Gasteiger partial charge in [-0.2, -0.15) is 0 Å². The number of benzene rings is 2. The summed E-state index contributed by atoms with van der Waals surface area (Å²) in [6, 6.07) is 16.0. The second-order valence-corrected chi connectivity index (χ2v) is 11.1. The summed E-state index contributed by atoms with van der Waals surface area (Å²) in [4.78, 5) is 20.4. The maximum atomic E-state index is 13.8. The number of halogens is 1. The molecule has 2 aromatic rings. The Balaban J connectivity index is 0.00000304. The summed E-state index contributed by atoms with van der Waals surface area (Å²) < 4.78 is 5.31. The van der Waals surface area contributed by atoms with Gasteiger partial charge in [0.05, 0.1) is 12.6 Å². The molecule has 7 heteroatoms. The van der Waals surface area contributed by atoms with Crippen molar-refractivity contribution in [3.05, 3.63) is 59.7 Å². The van der Waals surface area contributed by atoms with E-state index >= 15 is 0 Å². The average Bonchev–Trinajstić information content (AvgIpc) is 3.08. The Hall–Kier alpha value is -2.44. The van der Waals surface area contributed by atoms with Crippen LogP contribution in [0.5, 0.6) is 11.5 Å². The lowest BCUT2D eigenvalue weighted by Crippen LogP contribution is -2.56. The Morgan fingerprint density at radius 2 is 1.64 bits per heavy atom. The molecular weight excluding hydrogens is 474 g/mol. The van der Waals surface area contributed by atoms with E-state index in [1.54, 1.807) is 19.2 Å². The molecule has 2 aliphatic carbocycles. The lowest BCUT2D eigenvalue weighted by Gasteiger charge is -2.51. The van der Waals surface area contributed by atoms with Crippen molar-refractivity contribution in [2.75, 3.05) is 34.3 Å². The molecule has 6 nitrogen and oxygen atoms in total. The highest BCUT2D eigenvalue weighted by Gasteiger charge is 2.54. The number of ether oxygens (including phenoxy) is 1. The summed E-state index contributed by atoms with van der Waals surface area (Å²) in [7, 11) is 6.00. The van der Waals surface area contributed by atoms with Crippen LogP contribution in [0.3, 0.4) is 0 Å². The first kappa shape index (κ1) is 26.6. The van der Waals surface area contributed by atoms with Gasteiger partial charge in [0.25, 0.3) is 0 Å². The number of hydrogen-bond donors (Lipinski definition) is 1. The molecule has 1 spiro atoms. The largest absolute Gasteiger partial charge is 0.508 e. The fraction of sp³-hybridized carbons (Fsp3) is 0.552. The molecule has 0 bridgehead atoms. The van der Waals surface area contributed by atoms with Crippen LogP contribution in [-0.4, -0.2) is 65.7 Å². The quantitative estimate of drug-likeness (QED) is 0.521. The number of phenolic OH excluding ortho intramolecular Hbond substituents is 1. The second-order valence-electron chi connectivity index (χ2n) is 11.1. The summed E-state index contributed by atoms with van der Waals surface area (Å²) in [5.74, 6) is 1.79. The van der Waals surface area contributed by atoms with E-state index in [2.05, 4.69) is 53.1 Å². The number of nitrogens with zero attached hydrogens (tertiary/aromatic N) is 3. The van der Waals surface area contributed by atoms with Crippen molar-refractivity contribution in [3.63, 3.8) is 0 Å². The molecule has 196 valence electrons. The van der Waals surface area contributed by atoms with Gasteiger partial charge in [-0.25, -0.2) is 4.79 Å². The van der Waals surface area contributed by atoms with Gasteiger partial charge in [0.2, 0.25) is 0 Å². The Bertz CT molecular complexity index is 1030. The first-order valence-corrected chi connectivity index (χ1v) is 13.0. The second kappa shape index (κ2) is 10.5. The minimum absolute atomic E-state index is 0. The van der Waals surface area contributed by atoms with Crippen molar-refractivity contribution >= 4 is 18.4 Å². The molecular formula is C29H40ClN3O3. The van der Waals surface area contributed by atoms with Crippen LogP contribution in [-0.2, 0) is 12.1 Å². The lowest BCUT2D eigenvalue weighted by atomic mass is 9.68. The molecule has 0 unspecified atom stereocenters. The standard InChI is InChI=1S/C29H39N3O3.ClH/c1-30(2)29(24-9-11-25(33)12-10-24)17-15-28(16-18-29)21-31(19-23-7-13-26(35-3)14-8-23)27(34)32(28)20-22-5-4-6-22;/h7-14,22,33H,4-6,15-21H2,1-3H3;1H. The smallest absolute Gasteiger partial charge is 0.320 e. The van der Waals surface area contributed by atoms with Crippen LogP contribution in [0.2, 0.25) is 0 Å². The molecule has 0 aromatic heterocycles. The van der Waals surface area contributed by atoms with Gasteiger partial charge in [-0.15, -0.1) is 12.4 Å². The normalized spacial score (nSPS) is 26.3. The van der Waals surface area contributed by atoms with E-state index in [0.29, 0.717) is 18.2 Å². The van der Waals surface area contributed by atoms with Gasteiger partial charge in [-0.3, -0.25) is 4.90 Å². The summed E-state index contributed by atoms with van der Waals surface area (Å²) in [5.41, 5.74) is 2.21. The zero-order valence-electron chi connectivity index (χ0n) is 21.8.